The van der Waals surface area contributed by atoms with Gasteiger partial charge in [-0.1, -0.05) is 0 Å². The third-order valence-corrected chi connectivity index (χ3v) is 2.54. The summed E-state index contributed by atoms with van der Waals surface area (Å²) >= 11 is 0. The van der Waals surface area contributed by atoms with E-state index in [9.17, 15) is 9.90 Å². The van der Waals surface area contributed by atoms with Crippen molar-refractivity contribution in [3.63, 3.8) is 0 Å². The molecule has 6 heteroatoms. The molecule has 6 nitrogen and oxygen atoms in total. The number of carbonyl (C=O) groups excluding carboxylic acids is 1. The SMILES string of the molecule is CNC(=O)c1ccn(-c2cc([C@@H](C)O)ccn2)n1. The Morgan fingerprint density at radius 3 is 2.94 bits per heavy atom. The molecule has 0 aliphatic carbocycles. The molecular weight excluding hydrogens is 232 g/mol. The van der Waals surface area contributed by atoms with Crippen LogP contribution in [0.25, 0.3) is 5.82 Å². The molecule has 2 aromatic heterocycles. The van der Waals surface area contributed by atoms with Crippen LogP contribution in [0.15, 0.2) is 30.6 Å². The second kappa shape index (κ2) is 4.97. The topological polar surface area (TPSA) is 80.0 Å². The molecule has 0 saturated heterocycles. The lowest BCUT2D eigenvalue weighted by Crippen LogP contribution is -2.18. The average Bonchev–Trinajstić information content (AvgIpc) is 2.87. The van der Waals surface area contributed by atoms with Gasteiger partial charge in [0.1, 0.15) is 0 Å². The molecule has 18 heavy (non-hydrogen) atoms. The highest BCUT2D eigenvalue weighted by Gasteiger charge is 2.09. The summed E-state index contributed by atoms with van der Waals surface area (Å²) in [5.74, 6) is 0.309. The number of nitrogens with one attached hydrogen (secondary N) is 1. The van der Waals surface area contributed by atoms with Crippen molar-refractivity contribution < 1.29 is 9.90 Å². The molecule has 2 aromatic rings. The third-order valence-electron chi connectivity index (χ3n) is 2.54. The van der Waals surface area contributed by atoms with E-state index < -0.39 is 6.10 Å². The molecule has 2 heterocycles. The Morgan fingerprint density at radius 1 is 1.50 bits per heavy atom. The van der Waals surface area contributed by atoms with E-state index in [0.717, 1.165) is 5.56 Å². The first-order chi connectivity index (χ1) is 8.61. The predicted octanol–water partition coefficient (Wildman–Crippen LogP) is 0.680. The zero-order valence-electron chi connectivity index (χ0n) is 10.2. The normalized spacial score (nSPS) is 12.2. The van der Waals surface area contributed by atoms with Gasteiger partial charge in [-0.05, 0) is 30.7 Å². The van der Waals surface area contributed by atoms with Crippen molar-refractivity contribution >= 4 is 5.91 Å². The lowest BCUT2D eigenvalue weighted by molar-refractivity contribution is 0.0957. The van der Waals surface area contributed by atoms with Gasteiger partial charge in [0.2, 0.25) is 0 Å². The Hall–Kier alpha value is -2.21. The molecule has 94 valence electrons. The summed E-state index contributed by atoms with van der Waals surface area (Å²) in [6.45, 7) is 1.68. The molecule has 1 atom stereocenters. The maximum absolute atomic E-state index is 11.4. The van der Waals surface area contributed by atoms with E-state index in [2.05, 4.69) is 15.4 Å². The molecule has 0 spiro atoms. The zero-order chi connectivity index (χ0) is 13.1. The molecule has 2 rings (SSSR count). The van der Waals surface area contributed by atoms with Gasteiger partial charge in [0, 0.05) is 19.4 Å². The standard InChI is InChI=1S/C12H14N4O2/c1-8(17)9-3-5-14-11(7-9)16-6-4-10(15-16)12(18)13-2/h3-8,17H,1-2H3,(H,13,18)/t8-/m1/s1. The third kappa shape index (κ3) is 2.38. The molecule has 0 saturated carbocycles. The summed E-state index contributed by atoms with van der Waals surface area (Å²) in [5.41, 5.74) is 1.07. The number of carbonyl (C=O) groups is 1. The summed E-state index contributed by atoms with van der Waals surface area (Å²) in [7, 11) is 1.55. The Balaban J connectivity index is 2.34. The summed E-state index contributed by atoms with van der Waals surface area (Å²) < 4.78 is 1.50. The highest BCUT2D eigenvalue weighted by atomic mass is 16.3. The number of aliphatic hydroxyl groups excluding tert-OH is 1. The first-order valence-corrected chi connectivity index (χ1v) is 5.54. The number of pyridine rings is 1. The number of nitrogens with zero attached hydrogens (tertiary/aromatic N) is 3. The van der Waals surface area contributed by atoms with Gasteiger partial charge >= 0.3 is 0 Å². The van der Waals surface area contributed by atoms with E-state index in [-0.39, 0.29) is 5.91 Å². The molecule has 0 aliphatic rings. The second-order valence-electron chi connectivity index (χ2n) is 3.85. The minimum absolute atomic E-state index is 0.250. The van der Waals surface area contributed by atoms with Gasteiger partial charge in [-0.3, -0.25) is 4.79 Å². The number of hydrogen-bond acceptors (Lipinski definition) is 4. The lowest BCUT2D eigenvalue weighted by Gasteiger charge is -2.06. The molecular formula is C12H14N4O2. The van der Waals surface area contributed by atoms with Gasteiger partial charge in [0.05, 0.1) is 6.10 Å². The quantitative estimate of drug-likeness (QED) is 0.834. The van der Waals surface area contributed by atoms with Crippen molar-refractivity contribution in [1.29, 1.82) is 0 Å². The van der Waals surface area contributed by atoms with Crippen LogP contribution in [0.4, 0.5) is 0 Å². The van der Waals surface area contributed by atoms with Gasteiger partial charge in [-0.25, -0.2) is 9.67 Å². The van der Waals surface area contributed by atoms with Crippen LogP contribution in [0.3, 0.4) is 0 Å². The van der Waals surface area contributed by atoms with Gasteiger partial charge in [-0.15, -0.1) is 0 Å². The Bertz CT molecular complexity index is 563. The Morgan fingerprint density at radius 2 is 2.28 bits per heavy atom. The van der Waals surface area contributed by atoms with Crippen molar-refractivity contribution in [2.75, 3.05) is 7.05 Å². The fraction of sp³-hybridized carbons (Fsp3) is 0.250. The molecule has 0 aliphatic heterocycles. The van der Waals surface area contributed by atoms with E-state index in [4.69, 9.17) is 0 Å². The number of rotatable bonds is 3. The average molecular weight is 246 g/mol. The van der Waals surface area contributed by atoms with E-state index in [1.165, 1.54) is 4.68 Å². The highest BCUT2D eigenvalue weighted by molar-refractivity contribution is 5.91. The number of aromatic nitrogens is 3. The van der Waals surface area contributed by atoms with Crippen molar-refractivity contribution in [2.24, 2.45) is 0 Å². The zero-order valence-corrected chi connectivity index (χ0v) is 10.2. The minimum Gasteiger partial charge on any atom is -0.389 e. The van der Waals surface area contributed by atoms with Crippen molar-refractivity contribution in [3.05, 3.63) is 41.9 Å². The number of aliphatic hydroxyl groups is 1. The summed E-state index contributed by atoms with van der Waals surface area (Å²) in [5, 5.41) is 16.1. The number of amides is 1. The Kier molecular flexibility index (Phi) is 3.38. The maximum Gasteiger partial charge on any atom is 0.271 e. The van der Waals surface area contributed by atoms with Crippen LogP contribution in [0.5, 0.6) is 0 Å². The molecule has 2 N–H and O–H groups in total. The first-order valence-electron chi connectivity index (χ1n) is 5.54. The van der Waals surface area contributed by atoms with Gasteiger partial charge in [0.25, 0.3) is 5.91 Å². The molecule has 0 fully saturated rings. The fourth-order valence-electron chi connectivity index (χ4n) is 1.52. The van der Waals surface area contributed by atoms with Crippen LogP contribution >= 0.6 is 0 Å². The minimum atomic E-state index is -0.569. The Labute approximate surface area is 104 Å². The predicted molar refractivity (Wildman–Crippen MR) is 65.4 cm³/mol. The summed E-state index contributed by atoms with van der Waals surface area (Å²) in [6, 6.07) is 5.07. The van der Waals surface area contributed by atoms with Crippen LogP contribution in [-0.2, 0) is 0 Å². The molecule has 0 radical (unpaired) electrons. The van der Waals surface area contributed by atoms with Crippen molar-refractivity contribution in [2.45, 2.75) is 13.0 Å². The van der Waals surface area contributed by atoms with Gasteiger partial charge < -0.3 is 10.4 Å². The number of hydrogen-bond donors (Lipinski definition) is 2. The van der Waals surface area contributed by atoms with E-state index in [1.54, 1.807) is 44.6 Å². The highest BCUT2D eigenvalue weighted by Crippen LogP contribution is 2.14. The van der Waals surface area contributed by atoms with Crippen LogP contribution in [-0.4, -0.2) is 32.8 Å². The van der Waals surface area contributed by atoms with Gasteiger partial charge in [0.15, 0.2) is 11.5 Å². The fourth-order valence-corrected chi connectivity index (χ4v) is 1.52. The van der Waals surface area contributed by atoms with Crippen LogP contribution in [0.2, 0.25) is 0 Å². The lowest BCUT2D eigenvalue weighted by atomic mass is 10.2. The van der Waals surface area contributed by atoms with Gasteiger partial charge in [-0.2, -0.15) is 5.10 Å². The second-order valence-corrected chi connectivity index (χ2v) is 3.85. The van der Waals surface area contributed by atoms with Crippen molar-refractivity contribution in [1.82, 2.24) is 20.1 Å². The van der Waals surface area contributed by atoms with Crippen molar-refractivity contribution in [3.8, 4) is 5.82 Å². The van der Waals surface area contributed by atoms with E-state index in [0.29, 0.717) is 11.5 Å². The molecule has 0 aromatic carbocycles. The smallest absolute Gasteiger partial charge is 0.271 e. The first kappa shape index (κ1) is 12.3. The van der Waals surface area contributed by atoms with E-state index >= 15 is 0 Å². The summed E-state index contributed by atoms with van der Waals surface area (Å²) in [4.78, 5) is 15.5. The molecule has 0 unspecified atom stereocenters. The molecule has 1 amide bonds. The largest absolute Gasteiger partial charge is 0.389 e. The summed E-state index contributed by atoms with van der Waals surface area (Å²) in [6.07, 6.45) is 2.68. The van der Waals surface area contributed by atoms with Crippen LogP contribution in [0.1, 0.15) is 29.1 Å². The maximum atomic E-state index is 11.4. The van der Waals surface area contributed by atoms with Crippen LogP contribution < -0.4 is 5.32 Å². The monoisotopic (exact) mass is 246 g/mol. The van der Waals surface area contributed by atoms with E-state index in [1.807, 2.05) is 0 Å². The van der Waals surface area contributed by atoms with Crippen LogP contribution in [0, 0.1) is 0 Å². The molecule has 0 bridgehead atoms.